The van der Waals surface area contributed by atoms with Gasteiger partial charge in [0.25, 0.3) is 11.8 Å². The Balaban J connectivity index is 1.36. The molecule has 1 saturated heterocycles. The molecular formula is C27H30F2N4O3S2. The summed E-state index contributed by atoms with van der Waals surface area (Å²) in [5.41, 5.74) is 0.660. The lowest BCUT2D eigenvalue weighted by Gasteiger charge is -2.37. The van der Waals surface area contributed by atoms with Crippen molar-refractivity contribution in [2.24, 2.45) is 5.92 Å². The Morgan fingerprint density at radius 1 is 1.26 bits per heavy atom. The lowest BCUT2D eigenvalue weighted by atomic mass is 9.92. The number of amides is 2. The van der Waals surface area contributed by atoms with Gasteiger partial charge >= 0.3 is 0 Å². The summed E-state index contributed by atoms with van der Waals surface area (Å²) in [4.78, 5) is 34.5. The minimum atomic E-state index is -2.99. The summed E-state index contributed by atoms with van der Waals surface area (Å²) >= 11 is 3.01. The minimum Gasteiger partial charge on any atom is -0.444 e. The van der Waals surface area contributed by atoms with Crippen LogP contribution in [0.15, 0.2) is 57.9 Å². The van der Waals surface area contributed by atoms with Gasteiger partial charge in [-0.25, -0.2) is 18.7 Å². The molecule has 1 unspecified atom stereocenters. The fraction of sp³-hybridized carbons (Fsp3) is 0.407. The monoisotopic (exact) mass is 560 g/mol. The van der Waals surface area contributed by atoms with Crippen molar-refractivity contribution in [1.82, 2.24) is 14.9 Å². The smallest absolute Gasteiger partial charge is 0.265 e. The average molecular weight is 561 g/mol. The molecule has 1 fully saturated rings. The fourth-order valence-electron chi connectivity index (χ4n) is 4.13. The number of alkyl halides is 2. The number of oxazole rings is 1. The second-order valence-electron chi connectivity index (χ2n) is 10.3. The molecule has 1 aliphatic rings. The molecule has 2 amide bonds. The third-order valence-corrected chi connectivity index (χ3v) is 8.19. The number of halogens is 2. The number of nitrogens with one attached hydrogen (secondary N) is 1. The number of likely N-dealkylation sites (tertiary alicyclic amines) is 1. The Bertz CT molecular complexity index is 1300. The van der Waals surface area contributed by atoms with E-state index < -0.39 is 24.3 Å². The number of hydrogen-bond acceptors (Lipinski definition) is 7. The Hall–Kier alpha value is -3.05. The van der Waals surface area contributed by atoms with Crippen LogP contribution in [0.5, 0.6) is 0 Å². The Kier molecular flexibility index (Phi) is 8.37. The summed E-state index contributed by atoms with van der Waals surface area (Å²) in [5, 5.41) is 3.35. The predicted molar refractivity (Wildman–Crippen MR) is 145 cm³/mol. The number of anilines is 1. The first-order chi connectivity index (χ1) is 17.9. The standard InChI is InChI=1S/C27H30F2N4O3S2/c1-5-21(34)32-19-8-6-18(7-9-19)25(35)33-14-17(11-27(28,29)16-33)10-23-31-13-24(38-23)37-15-22-30-12-20(36-22)26(2,3)4/h5-9,12-13,17H,1,10-11,14-16H2,2-4H3,(H,32,34). The van der Waals surface area contributed by atoms with Crippen molar-refractivity contribution in [3.05, 3.63) is 71.5 Å². The van der Waals surface area contributed by atoms with E-state index >= 15 is 0 Å². The highest BCUT2D eigenvalue weighted by atomic mass is 32.2. The number of thioether (sulfide) groups is 1. The number of piperidine rings is 1. The topological polar surface area (TPSA) is 88.3 Å². The Morgan fingerprint density at radius 3 is 2.66 bits per heavy atom. The molecule has 7 nitrogen and oxygen atoms in total. The molecule has 3 aromatic rings. The van der Waals surface area contributed by atoms with Crippen molar-refractivity contribution in [1.29, 1.82) is 0 Å². The van der Waals surface area contributed by atoms with Crippen molar-refractivity contribution in [2.45, 2.75) is 54.9 Å². The van der Waals surface area contributed by atoms with E-state index in [2.05, 4.69) is 42.6 Å². The number of aromatic nitrogens is 2. The van der Waals surface area contributed by atoms with Crippen molar-refractivity contribution < 1.29 is 22.8 Å². The summed E-state index contributed by atoms with van der Waals surface area (Å²) in [6, 6.07) is 6.16. The van der Waals surface area contributed by atoms with Crippen molar-refractivity contribution in [3.63, 3.8) is 0 Å². The van der Waals surface area contributed by atoms with Gasteiger partial charge in [-0.1, -0.05) is 27.4 Å². The molecule has 0 radical (unpaired) electrons. The molecule has 0 aliphatic carbocycles. The third kappa shape index (κ3) is 7.28. The summed E-state index contributed by atoms with van der Waals surface area (Å²) in [7, 11) is 0. The summed E-state index contributed by atoms with van der Waals surface area (Å²) in [5.74, 6) is -2.24. The van der Waals surface area contributed by atoms with E-state index in [1.54, 1.807) is 36.3 Å². The van der Waals surface area contributed by atoms with Gasteiger partial charge in [-0.05, 0) is 36.3 Å². The molecule has 1 atom stereocenters. The van der Waals surface area contributed by atoms with Crippen LogP contribution in [0.3, 0.4) is 0 Å². The highest BCUT2D eigenvalue weighted by molar-refractivity contribution is 8.00. The molecule has 0 spiro atoms. The van der Waals surface area contributed by atoms with E-state index in [9.17, 15) is 18.4 Å². The number of hydrogen-bond donors (Lipinski definition) is 1. The van der Waals surface area contributed by atoms with Crippen LogP contribution < -0.4 is 5.32 Å². The molecular weight excluding hydrogens is 530 g/mol. The van der Waals surface area contributed by atoms with Gasteiger partial charge in [-0.2, -0.15) is 0 Å². The van der Waals surface area contributed by atoms with Gasteiger partial charge in [-0.15, -0.1) is 23.1 Å². The second-order valence-corrected chi connectivity index (χ2v) is 12.7. The number of carbonyl (C=O) groups is 2. The van der Waals surface area contributed by atoms with Gasteiger partial charge in [-0.3, -0.25) is 9.59 Å². The molecule has 11 heteroatoms. The molecule has 0 saturated carbocycles. The first kappa shape index (κ1) is 28.0. The van der Waals surface area contributed by atoms with Crippen molar-refractivity contribution >= 4 is 40.6 Å². The molecule has 1 aromatic carbocycles. The van der Waals surface area contributed by atoms with Gasteiger partial charge in [0.05, 0.1) is 33.9 Å². The fourth-order valence-corrected chi connectivity index (χ4v) is 6.12. The number of carbonyl (C=O) groups excluding carboxylic acids is 2. The Morgan fingerprint density at radius 2 is 2.00 bits per heavy atom. The summed E-state index contributed by atoms with van der Waals surface area (Å²) < 4.78 is 36.1. The zero-order chi connectivity index (χ0) is 27.5. The van der Waals surface area contributed by atoms with E-state index in [-0.39, 0.29) is 29.9 Å². The normalized spacial score (nSPS) is 17.3. The first-order valence-corrected chi connectivity index (χ1v) is 14.0. The van der Waals surface area contributed by atoms with E-state index in [1.165, 1.54) is 28.4 Å². The van der Waals surface area contributed by atoms with Gasteiger partial charge in [0.2, 0.25) is 11.8 Å². The summed E-state index contributed by atoms with van der Waals surface area (Å²) in [6.45, 7) is 9.17. The van der Waals surface area contributed by atoms with Gasteiger partial charge in [0, 0.05) is 36.1 Å². The minimum absolute atomic E-state index is 0.114. The molecule has 3 heterocycles. The molecule has 38 heavy (non-hydrogen) atoms. The number of rotatable bonds is 8. The van der Waals surface area contributed by atoms with Crippen LogP contribution in [0.2, 0.25) is 0 Å². The molecule has 1 N–H and O–H groups in total. The van der Waals surface area contributed by atoms with Gasteiger partial charge in [0.1, 0.15) is 5.76 Å². The number of benzene rings is 1. The molecule has 2 aromatic heterocycles. The van der Waals surface area contributed by atoms with Crippen LogP contribution >= 0.6 is 23.1 Å². The van der Waals surface area contributed by atoms with Crippen molar-refractivity contribution in [2.75, 3.05) is 18.4 Å². The third-order valence-electron chi connectivity index (χ3n) is 5.99. The zero-order valence-corrected chi connectivity index (χ0v) is 23.1. The van der Waals surface area contributed by atoms with E-state index in [0.29, 0.717) is 23.8 Å². The molecule has 4 rings (SSSR count). The highest BCUT2D eigenvalue weighted by Crippen LogP contribution is 2.35. The maximum Gasteiger partial charge on any atom is 0.265 e. The highest BCUT2D eigenvalue weighted by Gasteiger charge is 2.42. The predicted octanol–water partition coefficient (Wildman–Crippen LogP) is 6.19. The zero-order valence-electron chi connectivity index (χ0n) is 21.5. The van der Waals surface area contributed by atoms with Crippen LogP contribution in [0.4, 0.5) is 14.5 Å². The molecule has 1 aliphatic heterocycles. The lowest BCUT2D eigenvalue weighted by Crippen LogP contribution is -2.50. The number of nitrogens with zero attached hydrogens (tertiary/aromatic N) is 3. The van der Waals surface area contributed by atoms with Gasteiger partial charge in [0.15, 0.2) is 0 Å². The summed E-state index contributed by atoms with van der Waals surface area (Å²) in [6.07, 6.45) is 4.70. The van der Waals surface area contributed by atoms with Crippen LogP contribution in [0.1, 0.15) is 54.2 Å². The van der Waals surface area contributed by atoms with E-state index in [1.807, 2.05) is 0 Å². The maximum atomic E-state index is 14.6. The van der Waals surface area contributed by atoms with E-state index in [4.69, 9.17) is 4.42 Å². The van der Waals surface area contributed by atoms with Crippen LogP contribution in [0.25, 0.3) is 0 Å². The van der Waals surface area contributed by atoms with E-state index in [0.717, 1.165) is 21.1 Å². The average Bonchev–Trinajstić information content (AvgIpc) is 3.51. The largest absolute Gasteiger partial charge is 0.444 e. The second kappa shape index (κ2) is 11.4. The molecule has 0 bridgehead atoms. The van der Waals surface area contributed by atoms with Crippen LogP contribution in [-0.4, -0.2) is 45.7 Å². The first-order valence-electron chi connectivity index (χ1n) is 12.1. The lowest BCUT2D eigenvalue weighted by molar-refractivity contribution is -0.111. The van der Waals surface area contributed by atoms with Crippen LogP contribution in [0, 0.1) is 5.92 Å². The van der Waals surface area contributed by atoms with Crippen molar-refractivity contribution in [3.8, 4) is 0 Å². The van der Waals surface area contributed by atoms with Gasteiger partial charge < -0.3 is 14.6 Å². The number of thiazole rings is 1. The Labute approximate surface area is 228 Å². The maximum absolute atomic E-state index is 14.6. The molecule has 202 valence electrons. The SMILES string of the molecule is C=CC(=O)Nc1ccc(C(=O)N2CC(Cc3ncc(SCc4ncc(C(C)(C)C)o4)s3)CC(F)(F)C2)cc1. The quantitative estimate of drug-likeness (QED) is 0.261. The van der Waals surface area contributed by atoms with Crippen LogP contribution in [-0.2, 0) is 22.4 Å².